The summed E-state index contributed by atoms with van der Waals surface area (Å²) >= 11 is 0. The van der Waals surface area contributed by atoms with E-state index in [9.17, 15) is 0 Å². The van der Waals surface area contributed by atoms with Crippen LogP contribution in [-0.4, -0.2) is 0 Å². The lowest BCUT2D eigenvalue weighted by atomic mass is 9.93. The summed E-state index contributed by atoms with van der Waals surface area (Å²) in [5, 5.41) is 0. The summed E-state index contributed by atoms with van der Waals surface area (Å²) in [7, 11) is 0. The van der Waals surface area contributed by atoms with E-state index in [1.54, 1.807) is 0 Å². The van der Waals surface area contributed by atoms with Gasteiger partial charge in [-0.1, -0.05) is 55.1 Å². The van der Waals surface area contributed by atoms with Crippen LogP contribution in [0.4, 0.5) is 0 Å². The fraction of sp³-hybridized carbons (Fsp3) is 0.111. The predicted molar refractivity (Wildman–Crippen MR) is 80.0 cm³/mol. The molecule has 0 aromatic heterocycles. The van der Waals surface area contributed by atoms with E-state index in [0.717, 1.165) is 28.2 Å². The molecule has 0 amide bonds. The molecule has 1 aliphatic rings. The Balaban J connectivity index is 2.41. The number of ether oxygens (including phenoxy) is 1. The molecule has 1 heterocycles. The van der Waals surface area contributed by atoms with Gasteiger partial charge in [0.15, 0.2) is 0 Å². The maximum Gasteiger partial charge on any atom is 0.137 e. The van der Waals surface area contributed by atoms with Gasteiger partial charge in [0.05, 0.1) is 0 Å². The minimum atomic E-state index is 0.899. The molecular weight excluding hydrogens is 232 g/mol. The van der Waals surface area contributed by atoms with Crippen molar-refractivity contribution in [2.45, 2.75) is 13.8 Å². The van der Waals surface area contributed by atoms with Crippen LogP contribution in [0.1, 0.15) is 18.1 Å². The van der Waals surface area contributed by atoms with E-state index in [0.29, 0.717) is 0 Å². The topological polar surface area (TPSA) is 9.23 Å². The van der Waals surface area contributed by atoms with Crippen molar-refractivity contribution >= 4 is 5.57 Å². The van der Waals surface area contributed by atoms with E-state index in [1.165, 1.54) is 11.1 Å². The first-order chi connectivity index (χ1) is 9.22. The highest BCUT2D eigenvalue weighted by molar-refractivity contribution is 5.90. The van der Waals surface area contributed by atoms with E-state index < -0.39 is 0 Å². The highest BCUT2D eigenvalue weighted by Gasteiger charge is 2.19. The molecule has 0 saturated carbocycles. The second-order valence-electron chi connectivity index (χ2n) is 4.77. The van der Waals surface area contributed by atoms with Crippen molar-refractivity contribution in [1.82, 2.24) is 0 Å². The molecule has 1 nitrogen and oxygen atoms in total. The molecule has 0 spiro atoms. The Morgan fingerprint density at radius 2 is 1.58 bits per heavy atom. The summed E-state index contributed by atoms with van der Waals surface area (Å²) in [6.07, 6.45) is 1.87. The number of rotatable bonds is 1. The number of allylic oxidation sites excluding steroid dienone is 3. The van der Waals surface area contributed by atoms with Crippen LogP contribution in [-0.2, 0) is 0 Å². The first kappa shape index (κ1) is 11.8. The summed E-state index contributed by atoms with van der Waals surface area (Å²) in [5.41, 5.74) is 5.74. The Kier molecular flexibility index (Phi) is 2.75. The highest BCUT2D eigenvalue weighted by Crippen LogP contribution is 2.42. The van der Waals surface area contributed by atoms with Crippen molar-refractivity contribution in [3.05, 3.63) is 72.0 Å². The maximum atomic E-state index is 6.08. The second kappa shape index (κ2) is 4.43. The van der Waals surface area contributed by atoms with E-state index in [2.05, 4.69) is 56.0 Å². The molecule has 2 aromatic rings. The molecule has 0 saturated heterocycles. The van der Waals surface area contributed by atoms with Crippen molar-refractivity contribution in [1.29, 1.82) is 0 Å². The third kappa shape index (κ3) is 1.78. The Hall–Kier alpha value is -2.28. The molecule has 94 valence electrons. The lowest BCUT2D eigenvalue weighted by Gasteiger charge is -2.11. The van der Waals surface area contributed by atoms with Crippen LogP contribution in [0.2, 0.25) is 0 Å². The Labute approximate surface area is 113 Å². The minimum absolute atomic E-state index is 0.899. The Morgan fingerprint density at radius 3 is 2.32 bits per heavy atom. The zero-order valence-electron chi connectivity index (χ0n) is 11.2. The molecule has 19 heavy (non-hydrogen) atoms. The number of para-hydroxylation sites is 1. The summed E-state index contributed by atoms with van der Waals surface area (Å²) in [6.45, 7) is 8.00. The van der Waals surface area contributed by atoms with Gasteiger partial charge in [-0.2, -0.15) is 0 Å². The monoisotopic (exact) mass is 248 g/mol. The Bertz CT molecular complexity index is 693. The second-order valence-corrected chi connectivity index (χ2v) is 4.77. The van der Waals surface area contributed by atoms with Gasteiger partial charge in [-0.15, -0.1) is 0 Å². The fourth-order valence-electron chi connectivity index (χ4n) is 2.60. The maximum absolute atomic E-state index is 6.08. The lowest BCUT2D eigenvalue weighted by Crippen LogP contribution is -1.94. The minimum Gasteiger partial charge on any atom is -0.460 e. The third-order valence-electron chi connectivity index (χ3n) is 3.56. The molecule has 3 rings (SSSR count). The van der Waals surface area contributed by atoms with Gasteiger partial charge >= 0.3 is 0 Å². The molecule has 1 heteroatoms. The first-order valence-corrected chi connectivity index (χ1v) is 6.43. The van der Waals surface area contributed by atoms with Crippen LogP contribution < -0.4 is 4.74 Å². The molecule has 0 bridgehead atoms. The molecular formula is C18H16O. The van der Waals surface area contributed by atoms with Crippen LogP contribution in [0, 0.1) is 6.92 Å². The standard InChI is InChI=1S/C18H16O/c1-4-14-13(3)19-18-12(2)8-7-11-17(18)16-10-6-5-9-15(14)16/h4-11H,1H2,2-3H3. The van der Waals surface area contributed by atoms with Gasteiger partial charge in [0.25, 0.3) is 0 Å². The van der Waals surface area contributed by atoms with Gasteiger partial charge in [-0.05, 0) is 30.5 Å². The van der Waals surface area contributed by atoms with Gasteiger partial charge in [0, 0.05) is 11.1 Å². The highest BCUT2D eigenvalue weighted by atomic mass is 16.5. The smallest absolute Gasteiger partial charge is 0.137 e. The van der Waals surface area contributed by atoms with Crippen molar-refractivity contribution in [2.75, 3.05) is 0 Å². The average Bonchev–Trinajstić information content (AvgIpc) is 2.54. The van der Waals surface area contributed by atoms with Crippen molar-refractivity contribution in [3.8, 4) is 16.9 Å². The Morgan fingerprint density at radius 1 is 0.895 bits per heavy atom. The zero-order chi connectivity index (χ0) is 13.4. The van der Waals surface area contributed by atoms with Crippen molar-refractivity contribution < 1.29 is 4.74 Å². The summed E-state index contributed by atoms with van der Waals surface area (Å²) in [6, 6.07) is 14.6. The van der Waals surface area contributed by atoms with Crippen molar-refractivity contribution in [3.63, 3.8) is 0 Å². The van der Waals surface area contributed by atoms with E-state index in [4.69, 9.17) is 4.74 Å². The molecule has 0 fully saturated rings. The number of fused-ring (bicyclic) bond motifs is 3. The van der Waals surface area contributed by atoms with Crippen LogP contribution in [0.3, 0.4) is 0 Å². The van der Waals surface area contributed by atoms with Crippen LogP contribution in [0.25, 0.3) is 16.7 Å². The zero-order valence-corrected chi connectivity index (χ0v) is 11.2. The van der Waals surface area contributed by atoms with Gasteiger partial charge in [-0.25, -0.2) is 0 Å². The molecule has 0 N–H and O–H groups in total. The van der Waals surface area contributed by atoms with Crippen LogP contribution in [0.15, 0.2) is 60.9 Å². The number of benzene rings is 2. The summed E-state index contributed by atoms with van der Waals surface area (Å²) < 4.78 is 6.08. The predicted octanol–water partition coefficient (Wildman–Crippen LogP) is 4.97. The van der Waals surface area contributed by atoms with Crippen LogP contribution >= 0.6 is 0 Å². The molecule has 0 unspecified atom stereocenters. The average molecular weight is 248 g/mol. The number of hydrogen-bond donors (Lipinski definition) is 0. The van der Waals surface area contributed by atoms with E-state index in [1.807, 2.05) is 13.0 Å². The van der Waals surface area contributed by atoms with E-state index >= 15 is 0 Å². The van der Waals surface area contributed by atoms with Gasteiger partial charge in [-0.3, -0.25) is 0 Å². The summed E-state index contributed by atoms with van der Waals surface area (Å²) in [5.74, 6) is 1.85. The van der Waals surface area contributed by atoms with Crippen LogP contribution in [0.5, 0.6) is 5.75 Å². The molecule has 0 aliphatic carbocycles. The number of hydrogen-bond acceptors (Lipinski definition) is 1. The van der Waals surface area contributed by atoms with Gasteiger partial charge < -0.3 is 4.74 Å². The quantitative estimate of drug-likeness (QED) is 0.692. The lowest BCUT2D eigenvalue weighted by molar-refractivity contribution is 0.430. The summed E-state index contributed by atoms with van der Waals surface area (Å²) in [4.78, 5) is 0. The third-order valence-corrected chi connectivity index (χ3v) is 3.56. The largest absolute Gasteiger partial charge is 0.460 e. The van der Waals surface area contributed by atoms with Crippen molar-refractivity contribution in [2.24, 2.45) is 0 Å². The molecule has 2 aromatic carbocycles. The van der Waals surface area contributed by atoms with Gasteiger partial charge in [0.1, 0.15) is 11.5 Å². The normalized spacial score (nSPS) is 13.2. The molecule has 0 radical (unpaired) electrons. The number of aryl methyl sites for hydroxylation is 1. The van der Waals surface area contributed by atoms with Gasteiger partial charge in [0.2, 0.25) is 0 Å². The van der Waals surface area contributed by atoms with E-state index in [-0.39, 0.29) is 0 Å². The SMILES string of the molecule is C=CC1=C(C)Oc2c(C)cccc2-c2ccccc21. The fourth-order valence-corrected chi connectivity index (χ4v) is 2.60. The molecule has 0 atom stereocenters. The first-order valence-electron chi connectivity index (χ1n) is 6.43. The molecule has 1 aliphatic heterocycles.